The van der Waals surface area contributed by atoms with Crippen molar-refractivity contribution in [2.45, 2.75) is 25.8 Å². The summed E-state index contributed by atoms with van der Waals surface area (Å²) in [5.41, 5.74) is 5.31. The van der Waals surface area contributed by atoms with Crippen LogP contribution in [-0.4, -0.2) is 24.6 Å². The molecule has 0 radical (unpaired) electrons. The lowest BCUT2D eigenvalue weighted by Crippen LogP contribution is -2.17. The van der Waals surface area contributed by atoms with E-state index in [0.717, 1.165) is 12.3 Å². The van der Waals surface area contributed by atoms with E-state index in [4.69, 9.17) is 10.5 Å². The van der Waals surface area contributed by atoms with E-state index in [-0.39, 0.29) is 5.54 Å². The topological polar surface area (TPSA) is 47.6 Å². The van der Waals surface area contributed by atoms with Gasteiger partial charge in [0.05, 0.1) is 5.54 Å². The monoisotopic (exact) mass is 142 g/mol. The number of nitrogens with two attached hydrogens (primary N) is 1. The highest BCUT2D eigenvalue weighted by molar-refractivity contribution is 5.78. The van der Waals surface area contributed by atoms with E-state index >= 15 is 0 Å². The quantitative estimate of drug-likeness (QED) is 0.611. The molecule has 58 valence electrons. The van der Waals surface area contributed by atoms with E-state index in [9.17, 15) is 0 Å². The highest BCUT2D eigenvalue weighted by Crippen LogP contribution is 2.17. The van der Waals surface area contributed by atoms with Crippen molar-refractivity contribution < 1.29 is 4.74 Å². The summed E-state index contributed by atoms with van der Waals surface area (Å²) in [4.78, 5) is 4.32. The second-order valence-corrected chi connectivity index (χ2v) is 3.15. The first-order valence-corrected chi connectivity index (χ1v) is 3.56. The van der Waals surface area contributed by atoms with Crippen LogP contribution < -0.4 is 5.73 Å². The summed E-state index contributed by atoms with van der Waals surface area (Å²) in [7, 11) is 0. The van der Waals surface area contributed by atoms with Crippen LogP contribution in [0.1, 0.15) is 20.3 Å². The molecule has 1 aliphatic heterocycles. The molecule has 0 atom stereocenters. The summed E-state index contributed by atoms with van der Waals surface area (Å²) in [5.74, 6) is 0.813. The third-order valence-corrected chi connectivity index (χ3v) is 1.38. The zero-order chi connectivity index (χ0) is 7.61. The minimum absolute atomic E-state index is 0.0233. The molecule has 1 aliphatic rings. The van der Waals surface area contributed by atoms with Gasteiger partial charge in [-0.1, -0.05) is 0 Å². The molecule has 0 aromatic carbocycles. The second kappa shape index (κ2) is 2.58. The van der Waals surface area contributed by atoms with Crippen LogP contribution in [0.3, 0.4) is 0 Å². The number of nitrogens with zero attached hydrogens (tertiary/aromatic N) is 1. The Morgan fingerprint density at radius 3 is 2.80 bits per heavy atom. The van der Waals surface area contributed by atoms with Gasteiger partial charge in [0.1, 0.15) is 6.61 Å². The van der Waals surface area contributed by atoms with Gasteiger partial charge < -0.3 is 10.5 Å². The van der Waals surface area contributed by atoms with Crippen LogP contribution in [0.15, 0.2) is 4.99 Å². The summed E-state index contributed by atoms with van der Waals surface area (Å²) in [6.07, 6.45) is 0.767. The van der Waals surface area contributed by atoms with Crippen molar-refractivity contribution in [2.24, 2.45) is 10.7 Å². The first-order chi connectivity index (χ1) is 4.64. The predicted octanol–water partition coefficient (Wildman–Crippen LogP) is 0.543. The molecular formula is C7H14N2O. The van der Waals surface area contributed by atoms with Gasteiger partial charge in [-0.2, -0.15) is 0 Å². The second-order valence-electron chi connectivity index (χ2n) is 3.15. The highest BCUT2D eigenvalue weighted by atomic mass is 16.5. The first-order valence-electron chi connectivity index (χ1n) is 3.56. The lowest BCUT2D eigenvalue weighted by molar-refractivity contribution is 0.274. The number of rotatable bonds is 2. The van der Waals surface area contributed by atoms with Gasteiger partial charge in [0.25, 0.3) is 0 Å². The Morgan fingerprint density at radius 2 is 2.40 bits per heavy atom. The summed E-state index contributed by atoms with van der Waals surface area (Å²) < 4.78 is 5.28. The molecule has 0 amide bonds. The largest absolute Gasteiger partial charge is 0.478 e. The number of hydrogen-bond acceptors (Lipinski definition) is 3. The van der Waals surface area contributed by atoms with Gasteiger partial charge in [0.15, 0.2) is 5.90 Å². The number of ether oxygens (including phenoxy) is 1. The molecule has 0 bridgehead atoms. The summed E-state index contributed by atoms with van der Waals surface area (Å²) >= 11 is 0. The smallest absolute Gasteiger partial charge is 0.185 e. The van der Waals surface area contributed by atoms with Crippen molar-refractivity contribution in [3.63, 3.8) is 0 Å². The SMILES string of the molecule is CC1(C)COC(CCN)=N1. The molecule has 2 N–H and O–H groups in total. The van der Waals surface area contributed by atoms with Crippen LogP contribution >= 0.6 is 0 Å². The Morgan fingerprint density at radius 1 is 1.70 bits per heavy atom. The van der Waals surface area contributed by atoms with Crippen molar-refractivity contribution >= 4 is 5.90 Å². The van der Waals surface area contributed by atoms with E-state index in [0.29, 0.717) is 13.2 Å². The molecule has 0 saturated heterocycles. The third kappa shape index (κ3) is 1.70. The zero-order valence-electron chi connectivity index (χ0n) is 6.55. The van der Waals surface area contributed by atoms with Crippen LogP contribution in [-0.2, 0) is 4.74 Å². The summed E-state index contributed by atoms with van der Waals surface area (Å²) in [6, 6.07) is 0. The first kappa shape index (κ1) is 7.54. The average molecular weight is 142 g/mol. The zero-order valence-corrected chi connectivity index (χ0v) is 6.55. The Labute approximate surface area is 61.3 Å². The summed E-state index contributed by atoms with van der Waals surface area (Å²) in [5, 5.41) is 0. The molecule has 3 nitrogen and oxygen atoms in total. The molecule has 0 aromatic heterocycles. The maximum absolute atomic E-state index is 5.34. The molecule has 0 aliphatic carbocycles. The molecule has 0 aromatic rings. The van der Waals surface area contributed by atoms with Crippen LogP contribution in [0.25, 0.3) is 0 Å². The van der Waals surface area contributed by atoms with Crippen molar-refractivity contribution in [1.29, 1.82) is 0 Å². The van der Waals surface area contributed by atoms with Crippen molar-refractivity contribution in [1.82, 2.24) is 0 Å². The maximum atomic E-state index is 5.34. The summed E-state index contributed by atoms with van der Waals surface area (Å²) in [6.45, 7) is 5.42. The fraction of sp³-hybridized carbons (Fsp3) is 0.857. The Hall–Kier alpha value is -0.570. The van der Waals surface area contributed by atoms with Gasteiger partial charge in [-0.15, -0.1) is 0 Å². The molecule has 0 unspecified atom stereocenters. The predicted molar refractivity (Wildman–Crippen MR) is 41.1 cm³/mol. The number of aliphatic imine (C=N–C) groups is 1. The molecule has 0 saturated carbocycles. The standard InChI is InChI=1S/C7H14N2O/c1-7(2)5-10-6(9-7)3-4-8/h3-5,8H2,1-2H3. The highest BCUT2D eigenvalue weighted by Gasteiger charge is 2.25. The van der Waals surface area contributed by atoms with E-state index in [1.54, 1.807) is 0 Å². The van der Waals surface area contributed by atoms with Crippen molar-refractivity contribution in [2.75, 3.05) is 13.2 Å². The Bertz CT molecular complexity index is 152. The van der Waals surface area contributed by atoms with Crippen LogP contribution in [0.2, 0.25) is 0 Å². The lowest BCUT2D eigenvalue weighted by atomic mass is 10.1. The van der Waals surface area contributed by atoms with Crippen molar-refractivity contribution in [3.8, 4) is 0 Å². The van der Waals surface area contributed by atoms with Gasteiger partial charge in [0.2, 0.25) is 0 Å². The van der Waals surface area contributed by atoms with Gasteiger partial charge >= 0.3 is 0 Å². The Balaban J connectivity index is 2.49. The number of hydrogen-bond donors (Lipinski definition) is 1. The molecule has 0 spiro atoms. The Kier molecular flexibility index (Phi) is 1.94. The molecule has 3 heteroatoms. The fourth-order valence-electron chi connectivity index (χ4n) is 0.914. The minimum Gasteiger partial charge on any atom is -0.478 e. The van der Waals surface area contributed by atoms with Gasteiger partial charge in [0, 0.05) is 13.0 Å². The minimum atomic E-state index is -0.0233. The van der Waals surface area contributed by atoms with Crippen LogP contribution in [0, 0.1) is 0 Å². The molecule has 10 heavy (non-hydrogen) atoms. The fourth-order valence-corrected chi connectivity index (χ4v) is 0.914. The van der Waals surface area contributed by atoms with E-state index < -0.39 is 0 Å². The molecule has 0 fully saturated rings. The van der Waals surface area contributed by atoms with Gasteiger partial charge in [-0.3, -0.25) is 0 Å². The lowest BCUT2D eigenvalue weighted by Gasteiger charge is -2.07. The normalized spacial score (nSPS) is 22.1. The van der Waals surface area contributed by atoms with E-state index in [1.807, 2.05) is 0 Å². The third-order valence-electron chi connectivity index (χ3n) is 1.38. The van der Waals surface area contributed by atoms with Crippen LogP contribution in [0.5, 0.6) is 0 Å². The van der Waals surface area contributed by atoms with Crippen molar-refractivity contribution in [3.05, 3.63) is 0 Å². The van der Waals surface area contributed by atoms with E-state index in [2.05, 4.69) is 18.8 Å². The molecular weight excluding hydrogens is 128 g/mol. The van der Waals surface area contributed by atoms with Crippen LogP contribution in [0.4, 0.5) is 0 Å². The van der Waals surface area contributed by atoms with Gasteiger partial charge in [-0.25, -0.2) is 4.99 Å². The van der Waals surface area contributed by atoms with E-state index in [1.165, 1.54) is 0 Å². The van der Waals surface area contributed by atoms with Gasteiger partial charge in [-0.05, 0) is 13.8 Å². The average Bonchev–Trinajstić information content (AvgIpc) is 2.12. The molecule has 1 rings (SSSR count). The molecule has 1 heterocycles. The maximum Gasteiger partial charge on any atom is 0.185 e.